The molecule has 0 fully saturated rings. The van der Waals surface area contributed by atoms with E-state index in [0.717, 1.165) is 31.1 Å². The molecule has 2 aromatic carbocycles. The van der Waals surface area contributed by atoms with Crippen LogP contribution in [0.5, 0.6) is 11.5 Å². The molecule has 182 valence electrons. The standard InChI is InChI=1S/C25H36N2O5S/c1-6-8-9-19(7-2)17-26-25(28)21-12-10-20(11-13-21)18-27(33(5,29)30)22-14-15-23(31-3)24(16-22)32-4/h10-16,19H,6-9,17-18H2,1-5H3,(H,26,28)/t19-/m0/s1. The molecule has 0 spiro atoms. The van der Waals surface area contributed by atoms with E-state index >= 15 is 0 Å². The summed E-state index contributed by atoms with van der Waals surface area (Å²) >= 11 is 0. The molecule has 2 rings (SSSR count). The van der Waals surface area contributed by atoms with Gasteiger partial charge in [-0.15, -0.1) is 0 Å². The second kappa shape index (κ2) is 12.5. The lowest BCUT2D eigenvalue weighted by atomic mass is 9.99. The zero-order valence-electron chi connectivity index (χ0n) is 20.3. The Labute approximate surface area is 198 Å². The molecule has 7 nitrogen and oxygen atoms in total. The highest BCUT2D eigenvalue weighted by Gasteiger charge is 2.20. The van der Waals surface area contributed by atoms with Gasteiger partial charge in [-0.2, -0.15) is 0 Å². The molecule has 0 aliphatic heterocycles. The van der Waals surface area contributed by atoms with E-state index in [1.165, 1.54) is 24.9 Å². The highest BCUT2D eigenvalue weighted by Crippen LogP contribution is 2.33. The molecule has 0 unspecified atom stereocenters. The van der Waals surface area contributed by atoms with Crippen molar-refractivity contribution in [3.05, 3.63) is 53.6 Å². The number of rotatable bonds is 13. The number of ether oxygens (including phenoxy) is 2. The normalized spacial score (nSPS) is 12.2. The van der Waals surface area contributed by atoms with Gasteiger partial charge in [-0.05, 0) is 42.2 Å². The maximum absolute atomic E-state index is 12.5. The molecule has 1 N–H and O–H groups in total. The fraction of sp³-hybridized carbons (Fsp3) is 0.480. The first-order valence-corrected chi connectivity index (χ1v) is 13.1. The number of unbranched alkanes of at least 4 members (excludes halogenated alkanes) is 1. The molecule has 0 aliphatic rings. The summed E-state index contributed by atoms with van der Waals surface area (Å²) in [5, 5.41) is 3.02. The summed E-state index contributed by atoms with van der Waals surface area (Å²) in [5.74, 6) is 1.33. The van der Waals surface area contributed by atoms with Gasteiger partial charge in [-0.1, -0.05) is 45.2 Å². The molecule has 0 heterocycles. The lowest BCUT2D eigenvalue weighted by molar-refractivity contribution is 0.0946. The van der Waals surface area contributed by atoms with Gasteiger partial charge < -0.3 is 14.8 Å². The number of methoxy groups -OCH3 is 2. The van der Waals surface area contributed by atoms with Gasteiger partial charge in [0.25, 0.3) is 5.91 Å². The Bertz CT molecular complexity index is 1010. The Morgan fingerprint density at radius 2 is 1.70 bits per heavy atom. The van der Waals surface area contributed by atoms with E-state index in [4.69, 9.17) is 9.47 Å². The monoisotopic (exact) mass is 476 g/mol. The van der Waals surface area contributed by atoms with Crippen molar-refractivity contribution in [3.63, 3.8) is 0 Å². The Morgan fingerprint density at radius 3 is 2.24 bits per heavy atom. The zero-order valence-corrected chi connectivity index (χ0v) is 21.1. The van der Waals surface area contributed by atoms with Crippen molar-refractivity contribution in [1.29, 1.82) is 0 Å². The quantitative estimate of drug-likeness (QED) is 0.456. The fourth-order valence-corrected chi connectivity index (χ4v) is 4.47. The predicted molar refractivity (Wildman–Crippen MR) is 133 cm³/mol. The molecule has 0 aromatic heterocycles. The third-order valence-corrected chi connectivity index (χ3v) is 6.83. The maximum atomic E-state index is 12.5. The van der Waals surface area contributed by atoms with Gasteiger partial charge in [0.2, 0.25) is 10.0 Å². The van der Waals surface area contributed by atoms with Gasteiger partial charge in [0.15, 0.2) is 11.5 Å². The van der Waals surface area contributed by atoms with Crippen LogP contribution in [0.1, 0.15) is 55.5 Å². The summed E-state index contributed by atoms with van der Waals surface area (Å²) in [4.78, 5) is 12.5. The lowest BCUT2D eigenvalue weighted by Crippen LogP contribution is -2.30. The SMILES string of the molecule is CCCC[C@H](CC)CNC(=O)c1ccc(CN(c2ccc(OC)c(OC)c2)S(C)(=O)=O)cc1. The Hall–Kier alpha value is -2.74. The van der Waals surface area contributed by atoms with Crippen LogP contribution in [0, 0.1) is 5.92 Å². The van der Waals surface area contributed by atoms with Crippen molar-refractivity contribution in [2.75, 3.05) is 31.3 Å². The van der Waals surface area contributed by atoms with Crippen molar-refractivity contribution >= 4 is 21.6 Å². The van der Waals surface area contributed by atoms with Crippen LogP contribution in [0.2, 0.25) is 0 Å². The lowest BCUT2D eigenvalue weighted by Gasteiger charge is -2.23. The number of nitrogens with one attached hydrogen (secondary N) is 1. The van der Waals surface area contributed by atoms with Crippen LogP contribution >= 0.6 is 0 Å². The molecule has 1 amide bonds. The summed E-state index contributed by atoms with van der Waals surface area (Å²) in [7, 11) is -0.531. The minimum Gasteiger partial charge on any atom is -0.493 e. The third-order valence-electron chi connectivity index (χ3n) is 5.69. The first-order chi connectivity index (χ1) is 15.7. The zero-order chi connectivity index (χ0) is 24.4. The van der Waals surface area contributed by atoms with Crippen molar-refractivity contribution < 1.29 is 22.7 Å². The summed E-state index contributed by atoms with van der Waals surface area (Å²) in [6.07, 6.45) is 5.63. The van der Waals surface area contributed by atoms with Gasteiger partial charge in [0, 0.05) is 18.2 Å². The van der Waals surface area contributed by atoms with E-state index in [1.807, 2.05) is 0 Å². The van der Waals surface area contributed by atoms with E-state index in [-0.39, 0.29) is 12.5 Å². The average Bonchev–Trinajstić information content (AvgIpc) is 2.81. The fourth-order valence-electron chi connectivity index (χ4n) is 3.59. The minimum absolute atomic E-state index is 0.114. The summed E-state index contributed by atoms with van der Waals surface area (Å²) < 4.78 is 36.9. The number of anilines is 1. The van der Waals surface area contributed by atoms with E-state index in [2.05, 4.69) is 19.2 Å². The number of hydrogen-bond donors (Lipinski definition) is 1. The predicted octanol–water partition coefficient (Wildman–Crippen LogP) is 4.62. The van der Waals surface area contributed by atoms with E-state index < -0.39 is 10.0 Å². The van der Waals surface area contributed by atoms with Crippen molar-refractivity contribution in [1.82, 2.24) is 5.32 Å². The summed E-state index contributed by atoms with van der Waals surface area (Å²) in [6.45, 7) is 5.11. The van der Waals surface area contributed by atoms with Gasteiger partial charge in [0.1, 0.15) is 0 Å². The van der Waals surface area contributed by atoms with Crippen molar-refractivity contribution in [2.24, 2.45) is 5.92 Å². The number of benzene rings is 2. The largest absolute Gasteiger partial charge is 0.493 e. The van der Waals surface area contributed by atoms with Crippen LogP contribution in [-0.4, -0.2) is 41.3 Å². The van der Waals surface area contributed by atoms with Gasteiger partial charge in [-0.25, -0.2) is 8.42 Å². The minimum atomic E-state index is -3.56. The topological polar surface area (TPSA) is 84.9 Å². The molecule has 0 radical (unpaired) electrons. The van der Waals surface area contributed by atoms with E-state index in [0.29, 0.717) is 35.2 Å². The Balaban J connectivity index is 2.13. The molecule has 0 saturated carbocycles. The third kappa shape index (κ3) is 7.67. The maximum Gasteiger partial charge on any atom is 0.251 e. The van der Waals surface area contributed by atoms with Crippen LogP contribution in [0.4, 0.5) is 5.69 Å². The molecular weight excluding hydrogens is 440 g/mol. The second-order valence-corrected chi connectivity index (χ2v) is 10.0. The van der Waals surface area contributed by atoms with Crippen LogP contribution in [-0.2, 0) is 16.6 Å². The summed E-state index contributed by atoms with van der Waals surface area (Å²) in [6, 6.07) is 12.0. The number of hydrogen-bond acceptors (Lipinski definition) is 5. The first-order valence-electron chi connectivity index (χ1n) is 11.3. The Kier molecular flexibility index (Phi) is 10.0. The van der Waals surface area contributed by atoms with E-state index in [9.17, 15) is 13.2 Å². The second-order valence-electron chi connectivity index (χ2n) is 8.13. The highest BCUT2D eigenvalue weighted by atomic mass is 32.2. The highest BCUT2D eigenvalue weighted by molar-refractivity contribution is 7.92. The number of carbonyl (C=O) groups excluding carboxylic acids is 1. The van der Waals surface area contributed by atoms with Crippen molar-refractivity contribution in [2.45, 2.75) is 46.1 Å². The molecule has 8 heteroatoms. The number of sulfonamides is 1. The number of amides is 1. The molecular formula is C25H36N2O5S. The molecule has 1 atom stereocenters. The molecule has 0 aliphatic carbocycles. The van der Waals surface area contributed by atoms with Crippen LogP contribution in [0.3, 0.4) is 0 Å². The van der Waals surface area contributed by atoms with Gasteiger partial charge in [0.05, 0.1) is 32.7 Å². The number of nitrogens with zero attached hydrogens (tertiary/aromatic N) is 1. The molecule has 33 heavy (non-hydrogen) atoms. The molecule has 0 bridgehead atoms. The van der Waals surface area contributed by atoms with Crippen LogP contribution < -0.4 is 19.1 Å². The van der Waals surface area contributed by atoms with Gasteiger partial charge in [-0.3, -0.25) is 9.10 Å². The Morgan fingerprint density at radius 1 is 1.03 bits per heavy atom. The average molecular weight is 477 g/mol. The molecule has 0 saturated heterocycles. The van der Waals surface area contributed by atoms with E-state index in [1.54, 1.807) is 42.5 Å². The van der Waals surface area contributed by atoms with Gasteiger partial charge >= 0.3 is 0 Å². The van der Waals surface area contributed by atoms with Crippen molar-refractivity contribution in [3.8, 4) is 11.5 Å². The first kappa shape index (κ1) is 26.5. The smallest absolute Gasteiger partial charge is 0.251 e. The summed E-state index contributed by atoms with van der Waals surface area (Å²) in [5.41, 5.74) is 1.79. The van der Waals surface area contributed by atoms with Crippen LogP contribution in [0.15, 0.2) is 42.5 Å². The number of carbonyl (C=O) groups is 1. The van der Waals surface area contributed by atoms with Crippen LogP contribution in [0.25, 0.3) is 0 Å². The molecule has 2 aromatic rings.